The molecule has 134 valence electrons. The number of aliphatic hydroxyl groups is 2. The van der Waals surface area contributed by atoms with E-state index in [0.29, 0.717) is 25.3 Å². The van der Waals surface area contributed by atoms with Gasteiger partial charge >= 0.3 is 0 Å². The summed E-state index contributed by atoms with van der Waals surface area (Å²) < 4.78 is 6.59. The summed E-state index contributed by atoms with van der Waals surface area (Å²) in [5, 5.41) is 31.1. The van der Waals surface area contributed by atoms with Gasteiger partial charge in [0, 0.05) is 32.0 Å². The summed E-state index contributed by atoms with van der Waals surface area (Å²) >= 11 is 0. The number of carbonyl (C=O) groups is 1. The second-order valence-corrected chi connectivity index (χ2v) is 6.01. The summed E-state index contributed by atoms with van der Waals surface area (Å²) in [6.45, 7) is 0.735. The molecule has 4 atom stereocenters. The van der Waals surface area contributed by atoms with Crippen LogP contribution < -0.4 is 5.32 Å². The van der Waals surface area contributed by atoms with Gasteiger partial charge in [0.15, 0.2) is 0 Å². The van der Waals surface area contributed by atoms with Crippen LogP contribution in [0.5, 0.6) is 0 Å². The predicted octanol–water partition coefficient (Wildman–Crippen LogP) is -1.25. The molecular formula is C15H20N6O4. The van der Waals surface area contributed by atoms with Crippen LogP contribution in [-0.4, -0.2) is 66.4 Å². The average Bonchev–Trinajstić information content (AvgIpc) is 3.16. The second kappa shape index (κ2) is 7.64. The first-order valence-electron chi connectivity index (χ1n) is 7.89. The first-order valence-corrected chi connectivity index (χ1v) is 7.89. The first-order chi connectivity index (χ1) is 12.1. The standard InChI is InChI=1S/C15H20N6O4/c1-25-8-10-7-21(20-19-10)6-9-4-11(14(23)13(9)22)18-15(24)12-5-16-2-3-17-12/h2-3,5,7,9,11,13-14,22-23H,4,6,8H2,1H3,(H,18,24). The zero-order chi connectivity index (χ0) is 17.8. The van der Waals surface area contributed by atoms with E-state index < -0.39 is 24.2 Å². The lowest BCUT2D eigenvalue weighted by Gasteiger charge is -2.17. The number of nitrogens with zero attached hydrogens (tertiary/aromatic N) is 5. The molecule has 1 fully saturated rings. The quantitative estimate of drug-likeness (QED) is 0.589. The van der Waals surface area contributed by atoms with E-state index in [9.17, 15) is 15.0 Å². The summed E-state index contributed by atoms with van der Waals surface area (Å²) in [6.07, 6.45) is 4.34. The van der Waals surface area contributed by atoms with Gasteiger partial charge in [-0.3, -0.25) is 14.5 Å². The van der Waals surface area contributed by atoms with Crippen LogP contribution in [0.25, 0.3) is 0 Å². The molecule has 3 N–H and O–H groups in total. The first kappa shape index (κ1) is 17.4. The highest BCUT2D eigenvalue weighted by Crippen LogP contribution is 2.28. The van der Waals surface area contributed by atoms with Crippen LogP contribution in [-0.2, 0) is 17.9 Å². The van der Waals surface area contributed by atoms with E-state index in [-0.39, 0.29) is 11.6 Å². The van der Waals surface area contributed by atoms with Crippen LogP contribution in [0.2, 0.25) is 0 Å². The molecule has 1 saturated carbocycles. The third-order valence-corrected chi connectivity index (χ3v) is 4.21. The Bertz CT molecular complexity index is 709. The van der Waals surface area contributed by atoms with Crippen molar-refractivity contribution < 1.29 is 19.7 Å². The minimum atomic E-state index is -1.06. The van der Waals surface area contributed by atoms with Crippen molar-refractivity contribution in [2.45, 2.75) is 37.8 Å². The molecule has 10 nitrogen and oxygen atoms in total. The fraction of sp³-hybridized carbons (Fsp3) is 0.533. The third kappa shape index (κ3) is 3.98. The van der Waals surface area contributed by atoms with Gasteiger partial charge in [0.25, 0.3) is 5.91 Å². The SMILES string of the molecule is COCc1cn(CC2CC(NC(=O)c3cnccn3)C(O)C2O)nn1. The Morgan fingerprint density at radius 3 is 2.96 bits per heavy atom. The van der Waals surface area contributed by atoms with Crippen molar-refractivity contribution in [2.24, 2.45) is 5.92 Å². The minimum absolute atomic E-state index is 0.160. The molecule has 4 unspecified atom stereocenters. The number of aliphatic hydroxyl groups excluding tert-OH is 2. The molecule has 25 heavy (non-hydrogen) atoms. The Morgan fingerprint density at radius 1 is 1.40 bits per heavy atom. The lowest BCUT2D eigenvalue weighted by Crippen LogP contribution is -2.43. The molecule has 1 aliphatic carbocycles. The van der Waals surface area contributed by atoms with Gasteiger partial charge in [-0.2, -0.15) is 0 Å². The summed E-state index contributed by atoms with van der Waals surface area (Å²) in [5.74, 6) is -0.701. The third-order valence-electron chi connectivity index (χ3n) is 4.21. The van der Waals surface area contributed by atoms with Crippen LogP contribution in [0.4, 0.5) is 0 Å². The van der Waals surface area contributed by atoms with Gasteiger partial charge < -0.3 is 20.3 Å². The molecule has 0 spiro atoms. The normalized spacial score (nSPS) is 25.9. The van der Waals surface area contributed by atoms with E-state index in [0.717, 1.165) is 0 Å². The van der Waals surface area contributed by atoms with Gasteiger partial charge in [-0.05, 0) is 6.42 Å². The van der Waals surface area contributed by atoms with Crippen LogP contribution in [0, 0.1) is 5.92 Å². The summed E-state index contributed by atoms with van der Waals surface area (Å²) in [4.78, 5) is 19.9. The van der Waals surface area contributed by atoms with Crippen molar-refractivity contribution in [3.05, 3.63) is 36.2 Å². The zero-order valence-corrected chi connectivity index (χ0v) is 13.7. The summed E-state index contributed by atoms with van der Waals surface area (Å²) in [6, 6.07) is -0.573. The van der Waals surface area contributed by atoms with Gasteiger partial charge in [-0.15, -0.1) is 5.10 Å². The molecule has 0 aromatic carbocycles. The Morgan fingerprint density at radius 2 is 2.24 bits per heavy atom. The fourth-order valence-electron chi connectivity index (χ4n) is 2.99. The van der Waals surface area contributed by atoms with Gasteiger partial charge in [0.1, 0.15) is 17.5 Å². The number of rotatable bonds is 6. The molecule has 10 heteroatoms. The van der Waals surface area contributed by atoms with Crippen molar-refractivity contribution in [1.29, 1.82) is 0 Å². The van der Waals surface area contributed by atoms with Crippen LogP contribution in [0.1, 0.15) is 22.6 Å². The molecule has 2 aromatic rings. The monoisotopic (exact) mass is 348 g/mol. The highest BCUT2D eigenvalue weighted by molar-refractivity contribution is 5.92. The van der Waals surface area contributed by atoms with E-state index >= 15 is 0 Å². The molecule has 1 amide bonds. The lowest BCUT2D eigenvalue weighted by atomic mass is 10.1. The highest BCUT2D eigenvalue weighted by Gasteiger charge is 2.42. The number of nitrogens with one attached hydrogen (secondary N) is 1. The smallest absolute Gasteiger partial charge is 0.271 e. The van der Waals surface area contributed by atoms with E-state index in [1.165, 1.54) is 18.6 Å². The fourth-order valence-corrected chi connectivity index (χ4v) is 2.99. The number of hydrogen-bond donors (Lipinski definition) is 3. The topological polar surface area (TPSA) is 135 Å². The van der Waals surface area contributed by atoms with E-state index in [4.69, 9.17) is 4.74 Å². The molecule has 1 aliphatic rings. The average molecular weight is 348 g/mol. The lowest BCUT2D eigenvalue weighted by molar-refractivity contribution is 0.00759. The van der Waals surface area contributed by atoms with Crippen molar-refractivity contribution >= 4 is 5.91 Å². The van der Waals surface area contributed by atoms with Crippen molar-refractivity contribution in [3.63, 3.8) is 0 Å². The number of methoxy groups -OCH3 is 1. The van der Waals surface area contributed by atoms with Crippen molar-refractivity contribution in [2.75, 3.05) is 7.11 Å². The molecule has 0 radical (unpaired) electrons. The van der Waals surface area contributed by atoms with E-state index in [2.05, 4.69) is 25.6 Å². The van der Waals surface area contributed by atoms with Crippen LogP contribution >= 0.6 is 0 Å². The number of carbonyl (C=O) groups excluding carboxylic acids is 1. The van der Waals surface area contributed by atoms with Gasteiger partial charge in [-0.25, -0.2) is 4.98 Å². The Balaban J connectivity index is 1.61. The van der Waals surface area contributed by atoms with Crippen molar-refractivity contribution in [3.8, 4) is 0 Å². The maximum Gasteiger partial charge on any atom is 0.271 e. The molecule has 2 heterocycles. The van der Waals surface area contributed by atoms with Crippen LogP contribution in [0.3, 0.4) is 0 Å². The van der Waals surface area contributed by atoms with Gasteiger partial charge in [-0.1, -0.05) is 5.21 Å². The molecule has 2 aromatic heterocycles. The predicted molar refractivity (Wildman–Crippen MR) is 84.1 cm³/mol. The Labute approximate surface area is 143 Å². The number of aromatic nitrogens is 5. The van der Waals surface area contributed by atoms with Gasteiger partial charge in [0.2, 0.25) is 0 Å². The van der Waals surface area contributed by atoms with Crippen molar-refractivity contribution in [1.82, 2.24) is 30.3 Å². The Hall–Kier alpha value is -2.43. The maximum absolute atomic E-state index is 12.1. The summed E-state index contributed by atoms with van der Waals surface area (Å²) in [7, 11) is 1.57. The maximum atomic E-state index is 12.1. The van der Waals surface area contributed by atoms with Gasteiger partial charge in [0.05, 0.1) is 31.1 Å². The second-order valence-electron chi connectivity index (χ2n) is 6.01. The number of amides is 1. The zero-order valence-electron chi connectivity index (χ0n) is 13.7. The molecule has 0 bridgehead atoms. The molecular weight excluding hydrogens is 328 g/mol. The minimum Gasteiger partial charge on any atom is -0.390 e. The largest absolute Gasteiger partial charge is 0.390 e. The number of ether oxygens (including phenoxy) is 1. The highest BCUT2D eigenvalue weighted by atomic mass is 16.5. The molecule has 3 rings (SSSR count). The van der Waals surface area contributed by atoms with E-state index in [1.807, 2.05) is 0 Å². The number of hydrogen-bond acceptors (Lipinski definition) is 8. The molecule has 0 saturated heterocycles. The summed E-state index contributed by atoms with van der Waals surface area (Å²) in [5.41, 5.74) is 0.844. The van der Waals surface area contributed by atoms with E-state index in [1.54, 1.807) is 18.0 Å². The van der Waals surface area contributed by atoms with Crippen LogP contribution in [0.15, 0.2) is 24.8 Å². The Kier molecular flexibility index (Phi) is 5.31. The molecule has 0 aliphatic heterocycles.